The largest absolute Gasteiger partial charge is 0.490 e. The molecule has 3 aromatic heterocycles. The number of para-hydroxylation sites is 1. The summed E-state index contributed by atoms with van der Waals surface area (Å²) in [4.78, 5) is 28.6. The molecule has 2 aromatic carbocycles. The number of anilines is 1. The molecule has 0 amide bonds. The Hall–Kier alpha value is -4.62. The Bertz CT molecular complexity index is 1770. The van der Waals surface area contributed by atoms with E-state index in [2.05, 4.69) is 61.9 Å². The third-order valence-electron chi connectivity index (χ3n) is 7.99. The number of ether oxygens (including phenoxy) is 1. The number of morpholine rings is 1. The fourth-order valence-electron chi connectivity index (χ4n) is 5.68. The van der Waals surface area contributed by atoms with Crippen molar-refractivity contribution in [3.8, 4) is 11.4 Å². The van der Waals surface area contributed by atoms with Crippen LogP contribution in [0.4, 0.5) is 19.0 Å². The number of aromatic nitrogens is 5. The predicted octanol–water partition coefficient (Wildman–Crippen LogP) is 5.35. The number of hydrogen-bond donors (Lipinski definition) is 1. The molecule has 2 aliphatic rings. The van der Waals surface area contributed by atoms with Gasteiger partial charge in [0, 0.05) is 49.9 Å². The number of aliphatic carboxylic acids is 1. The molecule has 0 bridgehead atoms. The highest BCUT2D eigenvalue weighted by Crippen LogP contribution is 2.32. The van der Waals surface area contributed by atoms with Gasteiger partial charge in [-0.25, -0.2) is 19.4 Å². The number of hydrogen-bond acceptors (Lipinski definition) is 8. The predicted molar refractivity (Wildman–Crippen MR) is 163 cm³/mol. The number of nitrogens with zero attached hydrogens (tertiary/aromatic N) is 7. The number of carboxylic acid groups (broad SMARTS) is 1. The van der Waals surface area contributed by atoms with Gasteiger partial charge in [0.05, 0.1) is 36.4 Å². The number of alkyl halides is 3. The van der Waals surface area contributed by atoms with E-state index >= 15 is 0 Å². The summed E-state index contributed by atoms with van der Waals surface area (Å²) in [5.74, 6) is -1.12. The fourth-order valence-corrected chi connectivity index (χ4v) is 5.68. The number of rotatable bonds is 5. The number of benzene rings is 2. The quantitative estimate of drug-likeness (QED) is 0.279. The van der Waals surface area contributed by atoms with E-state index in [0.29, 0.717) is 25.1 Å². The van der Waals surface area contributed by atoms with Gasteiger partial charge in [0.15, 0.2) is 11.5 Å². The van der Waals surface area contributed by atoms with Gasteiger partial charge in [0.2, 0.25) is 0 Å². The Labute approximate surface area is 257 Å². The van der Waals surface area contributed by atoms with E-state index in [4.69, 9.17) is 29.7 Å². The van der Waals surface area contributed by atoms with Crippen LogP contribution < -0.4 is 4.90 Å². The fraction of sp³-hybridized carbons (Fsp3) is 0.344. The third-order valence-corrected chi connectivity index (χ3v) is 7.99. The van der Waals surface area contributed by atoms with E-state index in [0.717, 1.165) is 78.9 Å². The maximum absolute atomic E-state index is 10.6. The van der Waals surface area contributed by atoms with Crippen molar-refractivity contribution in [2.24, 2.45) is 0 Å². The van der Waals surface area contributed by atoms with Crippen LogP contribution in [0.15, 0.2) is 73.1 Å². The summed E-state index contributed by atoms with van der Waals surface area (Å²) in [6.45, 7) is 6.11. The summed E-state index contributed by atoms with van der Waals surface area (Å²) in [6.07, 6.45) is 0.856. The van der Waals surface area contributed by atoms with Crippen molar-refractivity contribution >= 4 is 33.7 Å². The number of halogens is 3. The Morgan fingerprint density at radius 3 is 2.33 bits per heavy atom. The second-order valence-corrected chi connectivity index (χ2v) is 11.0. The molecule has 0 spiro atoms. The van der Waals surface area contributed by atoms with Crippen LogP contribution in [0.5, 0.6) is 0 Å². The molecule has 0 atom stereocenters. The summed E-state index contributed by atoms with van der Waals surface area (Å²) < 4.78 is 39.5. The van der Waals surface area contributed by atoms with E-state index in [-0.39, 0.29) is 0 Å². The van der Waals surface area contributed by atoms with Gasteiger partial charge in [0.1, 0.15) is 5.82 Å². The number of piperidine rings is 1. The van der Waals surface area contributed by atoms with E-state index in [9.17, 15) is 13.2 Å². The lowest BCUT2D eigenvalue weighted by atomic mass is 10.0. The highest BCUT2D eigenvalue weighted by atomic mass is 19.4. The van der Waals surface area contributed by atoms with Gasteiger partial charge in [-0.2, -0.15) is 18.3 Å². The SMILES string of the molecule is O=C(O)C(F)(F)F.c1ccc(CN2CCC(n3ncc4c(N5CCOCC5)nc(-c5cnc6ccccc6c5)nc43)CC2)cc1. The molecule has 0 saturated carbocycles. The topological polar surface area (TPSA) is 110 Å². The Morgan fingerprint density at radius 1 is 0.933 bits per heavy atom. The molecular formula is C32H32F3N7O3. The molecule has 7 rings (SSSR count). The molecule has 5 aromatic rings. The second kappa shape index (κ2) is 13.2. The van der Waals surface area contributed by atoms with E-state index < -0.39 is 12.1 Å². The summed E-state index contributed by atoms with van der Waals surface area (Å²) in [5.41, 5.74) is 4.17. The van der Waals surface area contributed by atoms with Crippen molar-refractivity contribution in [3.63, 3.8) is 0 Å². The van der Waals surface area contributed by atoms with E-state index in [1.807, 2.05) is 30.6 Å². The first kappa shape index (κ1) is 30.4. The highest BCUT2D eigenvalue weighted by molar-refractivity contribution is 5.90. The number of carboxylic acids is 1. The van der Waals surface area contributed by atoms with Crippen molar-refractivity contribution in [2.75, 3.05) is 44.3 Å². The molecule has 234 valence electrons. The molecule has 45 heavy (non-hydrogen) atoms. The number of likely N-dealkylation sites (tertiary alicyclic amines) is 1. The summed E-state index contributed by atoms with van der Waals surface area (Å²) in [7, 11) is 0. The molecule has 0 aliphatic carbocycles. The summed E-state index contributed by atoms with van der Waals surface area (Å²) in [6, 6.07) is 21.3. The van der Waals surface area contributed by atoms with Crippen LogP contribution in [-0.2, 0) is 16.1 Å². The highest BCUT2D eigenvalue weighted by Gasteiger charge is 2.38. The van der Waals surface area contributed by atoms with Crippen LogP contribution in [0.25, 0.3) is 33.3 Å². The van der Waals surface area contributed by atoms with Crippen LogP contribution >= 0.6 is 0 Å². The first-order valence-electron chi connectivity index (χ1n) is 14.8. The summed E-state index contributed by atoms with van der Waals surface area (Å²) >= 11 is 0. The molecule has 0 unspecified atom stereocenters. The number of pyridine rings is 1. The normalized spacial score (nSPS) is 16.5. The minimum absolute atomic E-state index is 0.314. The summed E-state index contributed by atoms with van der Waals surface area (Å²) in [5, 5.41) is 14.1. The second-order valence-electron chi connectivity index (χ2n) is 11.0. The smallest absolute Gasteiger partial charge is 0.475 e. The van der Waals surface area contributed by atoms with Crippen molar-refractivity contribution in [1.82, 2.24) is 29.6 Å². The Kier molecular flexibility index (Phi) is 8.90. The standard InChI is InChI=1S/C30H31N7O.C2HF3O2/c1-2-6-22(7-3-1)21-35-12-10-25(11-13-35)37-30-26(20-32-37)29(36-14-16-38-17-15-36)33-28(34-30)24-18-23-8-4-5-9-27(23)31-19-24;3-2(4,5)1(6)7/h1-9,18-20,25H,10-17,21H2;(H,6,7). The monoisotopic (exact) mass is 619 g/mol. The van der Waals surface area contributed by atoms with Gasteiger partial charge in [-0.1, -0.05) is 48.5 Å². The van der Waals surface area contributed by atoms with Crippen LogP contribution in [0.2, 0.25) is 0 Å². The van der Waals surface area contributed by atoms with Gasteiger partial charge in [-0.3, -0.25) is 9.88 Å². The zero-order valence-corrected chi connectivity index (χ0v) is 24.4. The van der Waals surface area contributed by atoms with E-state index in [1.165, 1.54) is 5.56 Å². The van der Waals surface area contributed by atoms with Gasteiger partial charge in [0.25, 0.3) is 0 Å². The van der Waals surface area contributed by atoms with Crippen LogP contribution in [0.1, 0.15) is 24.4 Å². The lowest BCUT2D eigenvalue weighted by Crippen LogP contribution is -2.37. The molecule has 0 radical (unpaired) electrons. The molecule has 2 saturated heterocycles. The van der Waals surface area contributed by atoms with Gasteiger partial charge >= 0.3 is 12.1 Å². The van der Waals surface area contributed by atoms with Crippen LogP contribution in [0, 0.1) is 0 Å². The average molecular weight is 620 g/mol. The molecule has 2 aliphatic heterocycles. The van der Waals surface area contributed by atoms with Crippen molar-refractivity contribution < 1.29 is 27.8 Å². The van der Waals surface area contributed by atoms with Crippen LogP contribution in [-0.4, -0.2) is 86.3 Å². The number of fused-ring (bicyclic) bond motifs is 2. The lowest BCUT2D eigenvalue weighted by Gasteiger charge is -2.32. The van der Waals surface area contributed by atoms with Crippen molar-refractivity contribution in [2.45, 2.75) is 31.6 Å². The van der Waals surface area contributed by atoms with Gasteiger partial charge in [-0.15, -0.1) is 0 Å². The Balaban J connectivity index is 0.000000460. The first-order valence-corrected chi connectivity index (χ1v) is 14.8. The Morgan fingerprint density at radius 2 is 1.62 bits per heavy atom. The van der Waals surface area contributed by atoms with Gasteiger partial charge < -0.3 is 14.7 Å². The van der Waals surface area contributed by atoms with Gasteiger partial charge in [-0.05, 0) is 30.5 Å². The van der Waals surface area contributed by atoms with Crippen molar-refractivity contribution in [3.05, 3.63) is 78.6 Å². The first-order chi connectivity index (χ1) is 21.8. The maximum atomic E-state index is 10.6. The van der Waals surface area contributed by atoms with Crippen LogP contribution in [0.3, 0.4) is 0 Å². The molecule has 10 nitrogen and oxygen atoms in total. The van der Waals surface area contributed by atoms with Crippen molar-refractivity contribution in [1.29, 1.82) is 0 Å². The minimum atomic E-state index is -5.08. The average Bonchev–Trinajstić information content (AvgIpc) is 3.49. The lowest BCUT2D eigenvalue weighted by molar-refractivity contribution is -0.192. The van der Waals surface area contributed by atoms with E-state index in [1.54, 1.807) is 0 Å². The number of carbonyl (C=O) groups is 1. The zero-order chi connectivity index (χ0) is 31.4. The molecule has 2 fully saturated rings. The molecule has 1 N–H and O–H groups in total. The molecular weight excluding hydrogens is 587 g/mol. The third kappa shape index (κ3) is 7.04. The molecule has 5 heterocycles. The molecule has 13 heteroatoms. The maximum Gasteiger partial charge on any atom is 0.490 e. The minimum Gasteiger partial charge on any atom is -0.475 e. The zero-order valence-electron chi connectivity index (χ0n) is 24.4.